The second-order valence-corrected chi connectivity index (χ2v) is 5.45. The molecule has 0 heterocycles. The van der Waals surface area contributed by atoms with Crippen LogP contribution in [-0.2, 0) is 4.74 Å². The average Bonchev–Trinajstić information content (AvgIpc) is 2.30. The van der Waals surface area contributed by atoms with Crippen LogP contribution in [0, 0.1) is 0 Å². The predicted octanol–water partition coefficient (Wildman–Crippen LogP) is 2.55. The highest BCUT2D eigenvalue weighted by Crippen LogP contribution is 2.17. The topological polar surface area (TPSA) is 24.5 Å². The van der Waals surface area contributed by atoms with E-state index in [0.717, 1.165) is 18.3 Å². The summed E-state index contributed by atoms with van der Waals surface area (Å²) < 4.78 is 5.13. The highest BCUT2D eigenvalue weighted by molar-refractivity contribution is 7.80. The Bertz CT molecular complexity index is 227. The second kappa shape index (κ2) is 7.88. The number of nitrogens with one attached hydrogen (secondary N) is 1. The van der Waals surface area contributed by atoms with Gasteiger partial charge in [-0.3, -0.25) is 0 Å². The summed E-state index contributed by atoms with van der Waals surface area (Å²) >= 11 is 5.51. The largest absolute Gasteiger partial charge is 0.383 e. The molecule has 0 aromatic carbocycles. The summed E-state index contributed by atoms with van der Waals surface area (Å²) in [4.78, 5) is 2.22. The Kier molecular flexibility index (Phi) is 6.82. The molecule has 0 aromatic rings. The Labute approximate surface area is 111 Å². The molecule has 1 saturated carbocycles. The van der Waals surface area contributed by atoms with Crippen LogP contribution in [0.3, 0.4) is 0 Å². The maximum Gasteiger partial charge on any atom is 0.169 e. The smallest absolute Gasteiger partial charge is 0.169 e. The lowest BCUT2D eigenvalue weighted by Crippen LogP contribution is -2.49. The van der Waals surface area contributed by atoms with E-state index in [1.54, 1.807) is 7.11 Å². The number of hydrogen-bond donors (Lipinski definition) is 1. The van der Waals surface area contributed by atoms with Crippen molar-refractivity contribution in [1.82, 2.24) is 10.2 Å². The van der Waals surface area contributed by atoms with Gasteiger partial charge < -0.3 is 15.0 Å². The van der Waals surface area contributed by atoms with Crippen molar-refractivity contribution in [1.29, 1.82) is 0 Å². The monoisotopic (exact) mass is 258 g/mol. The van der Waals surface area contributed by atoms with Crippen molar-refractivity contribution in [3.63, 3.8) is 0 Å². The van der Waals surface area contributed by atoms with E-state index in [1.165, 1.54) is 32.1 Å². The van der Waals surface area contributed by atoms with Gasteiger partial charge in [-0.05, 0) is 38.9 Å². The van der Waals surface area contributed by atoms with E-state index >= 15 is 0 Å². The zero-order chi connectivity index (χ0) is 12.7. The first kappa shape index (κ1) is 14.7. The van der Waals surface area contributed by atoms with Crippen molar-refractivity contribution in [3.8, 4) is 0 Å². The zero-order valence-corrected chi connectivity index (χ0v) is 12.2. The summed E-state index contributed by atoms with van der Waals surface area (Å²) in [7, 11) is 1.73. The van der Waals surface area contributed by atoms with Gasteiger partial charge in [-0.2, -0.15) is 0 Å². The van der Waals surface area contributed by atoms with Crippen LogP contribution in [0.1, 0.15) is 46.0 Å². The molecule has 0 saturated heterocycles. The van der Waals surface area contributed by atoms with Gasteiger partial charge in [0.2, 0.25) is 0 Å². The van der Waals surface area contributed by atoms with Crippen molar-refractivity contribution in [2.24, 2.45) is 0 Å². The molecule has 1 aliphatic carbocycles. The minimum Gasteiger partial charge on any atom is -0.383 e. The molecular formula is C13H26N2OS. The summed E-state index contributed by atoms with van der Waals surface area (Å²) in [5, 5.41) is 4.40. The van der Waals surface area contributed by atoms with Gasteiger partial charge in [-0.1, -0.05) is 19.3 Å². The molecule has 1 aliphatic rings. The van der Waals surface area contributed by atoms with Crippen LogP contribution in [0.5, 0.6) is 0 Å². The zero-order valence-electron chi connectivity index (χ0n) is 11.4. The van der Waals surface area contributed by atoms with E-state index in [-0.39, 0.29) is 0 Å². The van der Waals surface area contributed by atoms with Crippen LogP contribution in [0.25, 0.3) is 0 Å². The lowest BCUT2D eigenvalue weighted by molar-refractivity contribution is 0.165. The Morgan fingerprint density at radius 1 is 1.35 bits per heavy atom. The molecule has 0 unspecified atom stereocenters. The van der Waals surface area contributed by atoms with Crippen molar-refractivity contribution in [2.75, 3.05) is 20.3 Å². The molecule has 0 aliphatic heterocycles. The number of rotatable bonds is 5. The molecule has 0 bridgehead atoms. The third kappa shape index (κ3) is 5.21. The summed E-state index contributed by atoms with van der Waals surface area (Å²) in [5.41, 5.74) is 0. The number of hydrogen-bond acceptors (Lipinski definition) is 2. The Morgan fingerprint density at radius 2 is 2.00 bits per heavy atom. The summed E-state index contributed by atoms with van der Waals surface area (Å²) in [6.45, 7) is 5.94. The van der Waals surface area contributed by atoms with Crippen molar-refractivity contribution >= 4 is 17.3 Å². The number of nitrogens with zero attached hydrogens (tertiary/aromatic N) is 1. The third-order valence-electron chi connectivity index (χ3n) is 3.35. The summed E-state index contributed by atoms with van der Waals surface area (Å²) in [5.74, 6) is 0. The molecule has 0 radical (unpaired) electrons. The van der Waals surface area contributed by atoms with Gasteiger partial charge >= 0.3 is 0 Å². The maximum absolute atomic E-state index is 5.51. The number of ether oxygens (including phenoxy) is 1. The van der Waals surface area contributed by atoms with E-state index < -0.39 is 0 Å². The van der Waals surface area contributed by atoms with Crippen molar-refractivity contribution in [2.45, 2.75) is 58.0 Å². The molecule has 3 nitrogen and oxygen atoms in total. The second-order valence-electron chi connectivity index (χ2n) is 5.06. The normalized spacial score (nSPS) is 17.2. The molecule has 0 spiro atoms. The van der Waals surface area contributed by atoms with Crippen LogP contribution in [-0.4, -0.2) is 42.4 Å². The Morgan fingerprint density at radius 3 is 2.53 bits per heavy atom. The lowest BCUT2D eigenvalue weighted by atomic mass is 9.96. The van der Waals surface area contributed by atoms with E-state index in [4.69, 9.17) is 17.0 Å². The quantitative estimate of drug-likeness (QED) is 0.766. The van der Waals surface area contributed by atoms with Crippen LogP contribution in [0.4, 0.5) is 0 Å². The highest BCUT2D eigenvalue weighted by Gasteiger charge is 2.18. The minimum atomic E-state index is 0.425. The van der Waals surface area contributed by atoms with E-state index in [0.29, 0.717) is 12.1 Å². The van der Waals surface area contributed by atoms with Crippen LogP contribution in [0.15, 0.2) is 0 Å². The van der Waals surface area contributed by atoms with Gasteiger partial charge in [0.15, 0.2) is 5.11 Å². The SMILES string of the molecule is COCCN(C(=S)NC1CCCCC1)C(C)C. The van der Waals surface area contributed by atoms with E-state index in [9.17, 15) is 0 Å². The Balaban J connectivity index is 2.40. The predicted molar refractivity (Wildman–Crippen MR) is 76.3 cm³/mol. The van der Waals surface area contributed by atoms with Crippen molar-refractivity contribution < 1.29 is 4.74 Å². The highest BCUT2D eigenvalue weighted by atomic mass is 32.1. The number of methoxy groups -OCH3 is 1. The van der Waals surface area contributed by atoms with Gasteiger partial charge in [-0.25, -0.2) is 0 Å². The molecule has 0 atom stereocenters. The van der Waals surface area contributed by atoms with Crippen LogP contribution in [0.2, 0.25) is 0 Å². The first-order valence-electron chi connectivity index (χ1n) is 6.71. The first-order chi connectivity index (χ1) is 8.15. The van der Waals surface area contributed by atoms with Gasteiger partial charge in [0.05, 0.1) is 6.61 Å². The Hall–Kier alpha value is -0.350. The molecule has 100 valence electrons. The molecule has 4 heteroatoms. The van der Waals surface area contributed by atoms with Crippen LogP contribution < -0.4 is 5.32 Å². The standard InChI is InChI=1S/C13H26N2OS/c1-11(2)15(9-10-16-3)13(17)14-12-7-5-4-6-8-12/h11-12H,4-10H2,1-3H3,(H,14,17). The van der Waals surface area contributed by atoms with Crippen molar-refractivity contribution in [3.05, 3.63) is 0 Å². The lowest BCUT2D eigenvalue weighted by Gasteiger charge is -2.33. The molecule has 1 fully saturated rings. The average molecular weight is 258 g/mol. The van der Waals surface area contributed by atoms with Crippen LogP contribution >= 0.6 is 12.2 Å². The molecule has 0 amide bonds. The van der Waals surface area contributed by atoms with Gasteiger partial charge in [0.1, 0.15) is 0 Å². The van der Waals surface area contributed by atoms with Gasteiger partial charge in [0.25, 0.3) is 0 Å². The summed E-state index contributed by atoms with van der Waals surface area (Å²) in [6, 6.07) is 1.01. The molecule has 17 heavy (non-hydrogen) atoms. The fraction of sp³-hybridized carbons (Fsp3) is 0.923. The molecule has 0 aromatic heterocycles. The summed E-state index contributed by atoms with van der Waals surface area (Å²) in [6.07, 6.45) is 6.56. The first-order valence-corrected chi connectivity index (χ1v) is 7.12. The minimum absolute atomic E-state index is 0.425. The fourth-order valence-electron chi connectivity index (χ4n) is 2.29. The molecule has 1 N–H and O–H groups in total. The van der Waals surface area contributed by atoms with E-state index in [2.05, 4.69) is 24.1 Å². The maximum atomic E-state index is 5.51. The molecule has 1 rings (SSSR count). The molecular weight excluding hydrogens is 232 g/mol. The van der Waals surface area contributed by atoms with E-state index in [1.807, 2.05) is 0 Å². The fourth-order valence-corrected chi connectivity index (χ4v) is 2.76. The number of thiocarbonyl (C=S) groups is 1. The third-order valence-corrected chi connectivity index (χ3v) is 3.71. The van der Waals surface area contributed by atoms with Gasteiger partial charge in [0, 0.05) is 25.7 Å². The van der Waals surface area contributed by atoms with Gasteiger partial charge in [-0.15, -0.1) is 0 Å².